The summed E-state index contributed by atoms with van der Waals surface area (Å²) in [5.41, 5.74) is 8.61. The van der Waals surface area contributed by atoms with E-state index < -0.39 is 0 Å². The second-order valence-electron chi connectivity index (χ2n) is 3.72. The summed E-state index contributed by atoms with van der Waals surface area (Å²) in [5.74, 6) is -0.363. The van der Waals surface area contributed by atoms with E-state index in [0.29, 0.717) is 15.8 Å². The zero-order chi connectivity index (χ0) is 12.7. The average molecular weight is 363 g/mol. The molecule has 0 amide bonds. The van der Waals surface area contributed by atoms with Gasteiger partial charge < -0.3 is 5.73 Å². The molecule has 0 unspecified atom stereocenters. The Morgan fingerprint density at radius 3 is 2.47 bits per heavy atom. The Bertz CT molecular complexity index is 593. The SMILES string of the molecule is Cc1nn(-c2cc(F)c(Br)cc2N)c(C)c1Br. The number of nitrogens with two attached hydrogens (primary N) is 1. The van der Waals surface area contributed by atoms with Gasteiger partial charge in [0, 0.05) is 6.07 Å². The summed E-state index contributed by atoms with van der Waals surface area (Å²) >= 11 is 6.52. The maximum atomic E-state index is 13.5. The largest absolute Gasteiger partial charge is 0.397 e. The molecule has 2 aromatic rings. The summed E-state index contributed by atoms with van der Waals surface area (Å²) in [6.45, 7) is 3.77. The minimum Gasteiger partial charge on any atom is -0.397 e. The van der Waals surface area contributed by atoms with Gasteiger partial charge in [-0.25, -0.2) is 9.07 Å². The van der Waals surface area contributed by atoms with Crippen LogP contribution in [0.15, 0.2) is 21.1 Å². The summed E-state index contributed by atoms with van der Waals surface area (Å²) in [7, 11) is 0. The predicted molar refractivity (Wildman–Crippen MR) is 72.8 cm³/mol. The van der Waals surface area contributed by atoms with Gasteiger partial charge in [-0.05, 0) is 51.8 Å². The predicted octanol–water partition coefficient (Wildman–Crippen LogP) is 3.74. The van der Waals surface area contributed by atoms with Crippen molar-refractivity contribution >= 4 is 37.5 Å². The van der Waals surface area contributed by atoms with Gasteiger partial charge in [0.2, 0.25) is 0 Å². The van der Waals surface area contributed by atoms with E-state index in [1.165, 1.54) is 12.1 Å². The fraction of sp³-hybridized carbons (Fsp3) is 0.182. The van der Waals surface area contributed by atoms with Crippen LogP contribution in [0.3, 0.4) is 0 Å². The standard InChI is InChI=1S/C11H10Br2FN3/c1-5-11(13)6(2)17(16-5)10-4-8(14)7(12)3-9(10)15/h3-4H,15H2,1-2H3. The van der Waals surface area contributed by atoms with Crippen LogP contribution < -0.4 is 5.73 Å². The Balaban J connectivity index is 2.68. The van der Waals surface area contributed by atoms with Crippen LogP contribution in [-0.4, -0.2) is 9.78 Å². The number of aromatic nitrogens is 2. The second kappa shape index (κ2) is 4.42. The number of hydrogen-bond acceptors (Lipinski definition) is 2. The van der Waals surface area contributed by atoms with E-state index in [9.17, 15) is 4.39 Å². The Morgan fingerprint density at radius 1 is 1.29 bits per heavy atom. The molecule has 0 saturated carbocycles. The van der Waals surface area contributed by atoms with Crippen LogP contribution in [0, 0.1) is 19.7 Å². The number of nitrogen functional groups attached to an aromatic ring is 1. The molecule has 0 fully saturated rings. The molecule has 17 heavy (non-hydrogen) atoms. The van der Waals surface area contributed by atoms with Crippen LogP contribution in [0.1, 0.15) is 11.4 Å². The van der Waals surface area contributed by atoms with Gasteiger partial charge in [-0.15, -0.1) is 0 Å². The lowest BCUT2D eigenvalue weighted by Gasteiger charge is -2.09. The molecule has 90 valence electrons. The lowest BCUT2D eigenvalue weighted by atomic mass is 10.2. The van der Waals surface area contributed by atoms with Gasteiger partial charge in [0.1, 0.15) is 5.82 Å². The van der Waals surface area contributed by atoms with Gasteiger partial charge in [0.05, 0.1) is 31.7 Å². The zero-order valence-corrected chi connectivity index (χ0v) is 12.4. The third kappa shape index (κ3) is 2.11. The molecule has 0 bridgehead atoms. The number of hydrogen-bond donors (Lipinski definition) is 1. The molecule has 0 spiro atoms. The van der Waals surface area contributed by atoms with Crippen LogP contribution >= 0.6 is 31.9 Å². The first-order valence-electron chi connectivity index (χ1n) is 4.88. The number of benzene rings is 1. The smallest absolute Gasteiger partial charge is 0.139 e. The summed E-state index contributed by atoms with van der Waals surface area (Å²) in [6.07, 6.45) is 0. The van der Waals surface area contributed by atoms with Gasteiger partial charge in [-0.2, -0.15) is 5.10 Å². The molecular weight excluding hydrogens is 353 g/mol. The molecule has 0 radical (unpaired) electrons. The minimum atomic E-state index is -0.363. The molecule has 0 aliphatic rings. The lowest BCUT2D eigenvalue weighted by Crippen LogP contribution is -2.04. The number of anilines is 1. The van der Waals surface area contributed by atoms with Gasteiger partial charge in [-0.1, -0.05) is 0 Å². The van der Waals surface area contributed by atoms with E-state index in [2.05, 4.69) is 37.0 Å². The third-order valence-electron chi connectivity index (χ3n) is 2.50. The molecule has 2 N–H and O–H groups in total. The summed E-state index contributed by atoms with van der Waals surface area (Å²) in [6, 6.07) is 2.90. The number of nitrogens with zero attached hydrogens (tertiary/aromatic N) is 2. The summed E-state index contributed by atoms with van der Waals surface area (Å²) in [5, 5.41) is 4.32. The highest BCUT2D eigenvalue weighted by Crippen LogP contribution is 2.29. The average Bonchev–Trinajstić information content (AvgIpc) is 2.51. The third-order valence-corrected chi connectivity index (χ3v) is 4.26. The van der Waals surface area contributed by atoms with E-state index in [1.54, 1.807) is 4.68 Å². The Morgan fingerprint density at radius 2 is 1.94 bits per heavy atom. The molecule has 6 heteroatoms. The van der Waals surface area contributed by atoms with Crippen molar-refractivity contribution in [3.63, 3.8) is 0 Å². The van der Waals surface area contributed by atoms with Gasteiger partial charge in [0.15, 0.2) is 0 Å². The Kier molecular flexibility index (Phi) is 3.27. The quantitative estimate of drug-likeness (QED) is 0.785. The van der Waals surface area contributed by atoms with Crippen molar-refractivity contribution in [3.05, 3.63) is 38.3 Å². The topological polar surface area (TPSA) is 43.8 Å². The first kappa shape index (κ1) is 12.6. The molecular formula is C11H10Br2FN3. The molecule has 0 aliphatic carbocycles. The molecule has 3 nitrogen and oxygen atoms in total. The minimum absolute atomic E-state index is 0.347. The highest BCUT2D eigenvalue weighted by atomic mass is 79.9. The van der Waals surface area contributed by atoms with Crippen molar-refractivity contribution in [1.29, 1.82) is 0 Å². The highest BCUT2D eigenvalue weighted by Gasteiger charge is 2.14. The Labute approximate surface area is 115 Å². The highest BCUT2D eigenvalue weighted by molar-refractivity contribution is 9.10. The first-order chi connectivity index (χ1) is 7.91. The van der Waals surface area contributed by atoms with Crippen molar-refractivity contribution in [1.82, 2.24) is 9.78 Å². The number of halogens is 3. The molecule has 2 rings (SSSR count). The van der Waals surface area contributed by atoms with Crippen LogP contribution in [0.25, 0.3) is 5.69 Å². The van der Waals surface area contributed by atoms with Gasteiger partial charge in [-0.3, -0.25) is 0 Å². The lowest BCUT2D eigenvalue weighted by molar-refractivity contribution is 0.618. The van der Waals surface area contributed by atoms with Crippen molar-refractivity contribution in [2.24, 2.45) is 0 Å². The van der Waals surface area contributed by atoms with Crippen LogP contribution in [-0.2, 0) is 0 Å². The van der Waals surface area contributed by atoms with Crippen molar-refractivity contribution in [2.75, 3.05) is 5.73 Å². The summed E-state index contributed by atoms with van der Waals surface area (Å²) < 4.78 is 16.4. The van der Waals surface area contributed by atoms with E-state index in [0.717, 1.165) is 15.9 Å². The Hall–Kier alpha value is -0.880. The van der Waals surface area contributed by atoms with Gasteiger partial charge >= 0.3 is 0 Å². The van der Waals surface area contributed by atoms with Crippen LogP contribution in [0.4, 0.5) is 10.1 Å². The fourth-order valence-electron chi connectivity index (χ4n) is 1.59. The molecule has 0 aliphatic heterocycles. The van der Waals surface area contributed by atoms with Gasteiger partial charge in [0.25, 0.3) is 0 Å². The number of rotatable bonds is 1. The second-order valence-corrected chi connectivity index (χ2v) is 5.37. The van der Waals surface area contributed by atoms with Crippen molar-refractivity contribution in [2.45, 2.75) is 13.8 Å². The van der Waals surface area contributed by atoms with E-state index in [4.69, 9.17) is 5.73 Å². The first-order valence-corrected chi connectivity index (χ1v) is 6.47. The fourth-order valence-corrected chi connectivity index (χ4v) is 2.20. The monoisotopic (exact) mass is 361 g/mol. The molecule has 0 atom stereocenters. The van der Waals surface area contributed by atoms with Crippen LogP contribution in [0.2, 0.25) is 0 Å². The van der Waals surface area contributed by atoms with E-state index in [1.807, 2.05) is 13.8 Å². The molecule has 1 aromatic carbocycles. The number of aryl methyl sites for hydroxylation is 1. The summed E-state index contributed by atoms with van der Waals surface area (Å²) in [4.78, 5) is 0. The molecule has 1 heterocycles. The zero-order valence-electron chi connectivity index (χ0n) is 9.26. The van der Waals surface area contributed by atoms with E-state index >= 15 is 0 Å². The van der Waals surface area contributed by atoms with Crippen molar-refractivity contribution < 1.29 is 4.39 Å². The van der Waals surface area contributed by atoms with E-state index in [-0.39, 0.29) is 5.82 Å². The van der Waals surface area contributed by atoms with Crippen LogP contribution in [0.5, 0.6) is 0 Å². The maximum Gasteiger partial charge on any atom is 0.139 e. The molecule has 0 saturated heterocycles. The molecule has 1 aromatic heterocycles. The normalized spacial score (nSPS) is 10.9. The maximum absolute atomic E-state index is 13.5. The van der Waals surface area contributed by atoms with Crippen molar-refractivity contribution in [3.8, 4) is 5.69 Å².